The Kier molecular flexibility index (Phi) is 3.29. The van der Waals surface area contributed by atoms with Gasteiger partial charge in [0.25, 0.3) is 0 Å². The summed E-state index contributed by atoms with van der Waals surface area (Å²) in [7, 11) is -2.31. The zero-order valence-electron chi connectivity index (χ0n) is 6.69. The van der Waals surface area contributed by atoms with Crippen molar-refractivity contribution >= 4 is 10.7 Å². The maximum absolute atomic E-state index is 10.3. The van der Waals surface area contributed by atoms with Gasteiger partial charge in [0, 0.05) is 0 Å². The van der Waals surface area contributed by atoms with Crippen molar-refractivity contribution in [2.24, 2.45) is 0 Å². The summed E-state index contributed by atoms with van der Waals surface area (Å²) in [6.07, 6.45) is 0.740. The van der Waals surface area contributed by atoms with Crippen LogP contribution in [0.5, 0.6) is 0 Å². The summed E-state index contributed by atoms with van der Waals surface area (Å²) in [5, 5.41) is 0. The van der Waals surface area contributed by atoms with Crippen LogP contribution in [0.4, 0.5) is 0 Å². The quantitative estimate of drug-likeness (QED) is 0.714. The van der Waals surface area contributed by atoms with Crippen molar-refractivity contribution in [3.63, 3.8) is 0 Å². The number of hydrogen-bond acceptors (Lipinski definition) is 2. The normalized spacial score (nSPS) is 10.5. The van der Waals surface area contributed by atoms with E-state index in [0.717, 1.165) is 17.5 Å². The van der Waals surface area contributed by atoms with Gasteiger partial charge in [-0.1, -0.05) is 24.3 Å². The van der Waals surface area contributed by atoms with Crippen LogP contribution < -0.4 is 0 Å². The van der Waals surface area contributed by atoms with E-state index >= 15 is 0 Å². The van der Waals surface area contributed by atoms with Crippen LogP contribution in [0, 0.1) is 6.92 Å². The minimum absolute atomic E-state index is 0.132. The highest BCUT2D eigenvalue weighted by Gasteiger charge is 1.93. The van der Waals surface area contributed by atoms with E-state index in [1.165, 1.54) is 0 Å². The summed E-state index contributed by atoms with van der Waals surface area (Å²) in [4.78, 5) is 0. The molecule has 0 heterocycles. The molecule has 0 aliphatic rings. The molecule has 1 radical (unpaired) electrons. The lowest BCUT2D eigenvalue weighted by molar-refractivity contribution is 0.614. The van der Waals surface area contributed by atoms with Gasteiger partial charge in [0.05, 0.1) is 5.75 Å². The third kappa shape index (κ3) is 2.66. The van der Waals surface area contributed by atoms with Crippen LogP contribution in [0.15, 0.2) is 24.3 Å². The van der Waals surface area contributed by atoms with Gasteiger partial charge in [-0.2, -0.15) is 0 Å². The molecule has 1 aromatic rings. The van der Waals surface area contributed by atoms with E-state index < -0.39 is 10.7 Å². The molecule has 0 spiro atoms. The Bertz CT molecular complexity index is 304. The van der Waals surface area contributed by atoms with Crippen LogP contribution >= 0.6 is 0 Å². The molecule has 0 amide bonds. The molecule has 3 heteroatoms. The highest BCUT2D eigenvalue weighted by molar-refractivity contribution is 7.71. The summed E-state index contributed by atoms with van der Waals surface area (Å²) >= 11 is 0. The maximum atomic E-state index is 10.3. The van der Waals surface area contributed by atoms with Crippen molar-refractivity contribution in [2.45, 2.75) is 12.2 Å². The highest BCUT2D eigenvalue weighted by Crippen LogP contribution is 2.05. The Morgan fingerprint density at radius 2 is 1.58 bits per heavy atom. The Morgan fingerprint density at radius 3 is 2.00 bits per heavy atom. The van der Waals surface area contributed by atoms with E-state index in [0.29, 0.717) is 0 Å². The first-order valence-corrected chi connectivity index (χ1v) is 5.07. The summed E-state index contributed by atoms with van der Waals surface area (Å²) in [6, 6.07) is 7.46. The lowest BCUT2D eigenvalue weighted by Gasteiger charge is -1.97. The lowest BCUT2D eigenvalue weighted by Crippen LogP contribution is -1.87. The second-order valence-corrected chi connectivity index (χ2v) is 3.54. The van der Waals surface area contributed by atoms with Gasteiger partial charge in [0.15, 0.2) is 0 Å². The molecule has 0 aliphatic heterocycles. The second-order valence-electron chi connectivity index (χ2n) is 2.56. The molecule has 12 heavy (non-hydrogen) atoms. The Balaban J connectivity index is 2.77. The van der Waals surface area contributed by atoms with Gasteiger partial charge in [-0.25, -0.2) is 8.42 Å². The summed E-state index contributed by atoms with van der Waals surface area (Å²) < 4.78 is 20.7. The third-order valence-electron chi connectivity index (χ3n) is 1.62. The molecule has 0 bridgehead atoms. The Labute approximate surface area is 74.2 Å². The minimum atomic E-state index is -2.31. The maximum Gasteiger partial charge on any atom is 0.144 e. The van der Waals surface area contributed by atoms with E-state index in [4.69, 9.17) is 0 Å². The van der Waals surface area contributed by atoms with Crippen LogP contribution in [-0.4, -0.2) is 8.42 Å². The first-order chi connectivity index (χ1) is 5.72. The van der Waals surface area contributed by atoms with Gasteiger partial charge in [-0.05, 0) is 24.5 Å². The van der Waals surface area contributed by atoms with Gasteiger partial charge >= 0.3 is 0 Å². The Hall–Kier alpha value is -0.830. The van der Waals surface area contributed by atoms with Gasteiger partial charge in [-0.3, -0.25) is 0 Å². The molecule has 0 aliphatic carbocycles. The number of rotatable bonds is 3. The summed E-state index contributed by atoms with van der Waals surface area (Å²) in [6.45, 7) is 3.73. The van der Waals surface area contributed by atoms with Gasteiger partial charge in [-0.15, -0.1) is 0 Å². The van der Waals surface area contributed by atoms with E-state index in [1.807, 2.05) is 24.3 Å². The average Bonchev–Trinajstić information content (AvgIpc) is 2.05. The van der Waals surface area contributed by atoms with Crippen LogP contribution in [0.1, 0.15) is 11.1 Å². The average molecular weight is 183 g/mol. The molecule has 2 nitrogen and oxygen atoms in total. The Morgan fingerprint density at radius 1 is 1.08 bits per heavy atom. The van der Waals surface area contributed by atoms with Crippen LogP contribution in [0.25, 0.3) is 0 Å². The predicted molar refractivity (Wildman–Crippen MR) is 49.5 cm³/mol. The smallest absolute Gasteiger partial charge is 0.144 e. The van der Waals surface area contributed by atoms with E-state index in [1.54, 1.807) is 0 Å². The predicted octanol–water partition coefficient (Wildman–Crippen LogP) is 1.17. The second kappa shape index (κ2) is 4.26. The fourth-order valence-electron chi connectivity index (χ4n) is 0.960. The van der Waals surface area contributed by atoms with E-state index in [9.17, 15) is 8.42 Å². The minimum Gasteiger partial charge on any atom is -0.232 e. The molecule has 1 rings (SSSR count). The standard InChI is InChI=1S/C9H11O2S/c1-2-8-3-5-9(6-4-8)7-12(10)11/h3-6,12H,1-2,7H2. The summed E-state index contributed by atoms with van der Waals surface area (Å²) in [5.41, 5.74) is 1.96. The molecule has 0 saturated heterocycles. The van der Waals surface area contributed by atoms with E-state index in [-0.39, 0.29) is 5.75 Å². The zero-order chi connectivity index (χ0) is 8.97. The van der Waals surface area contributed by atoms with E-state index in [2.05, 4.69) is 6.92 Å². The fourth-order valence-corrected chi connectivity index (χ4v) is 1.47. The molecule has 0 aromatic heterocycles. The summed E-state index contributed by atoms with van der Waals surface area (Å²) in [5.74, 6) is 0.132. The monoisotopic (exact) mass is 183 g/mol. The SMILES string of the molecule is [CH2]Cc1ccc(C[SH](=O)=O)cc1. The van der Waals surface area contributed by atoms with Crippen molar-refractivity contribution in [2.75, 3.05) is 0 Å². The third-order valence-corrected chi connectivity index (χ3v) is 2.25. The highest BCUT2D eigenvalue weighted by atomic mass is 32.2. The number of thiol groups is 1. The van der Waals surface area contributed by atoms with Gasteiger partial charge in [0.1, 0.15) is 10.7 Å². The van der Waals surface area contributed by atoms with Crippen molar-refractivity contribution in [3.05, 3.63) is 42.3 Å². The van der Waals surface area contributed by atoms with Gasteiger partial charge < -0.3 is 0 Å². The number of benzene rings is 1. The van der Waals surface area contributed by atoms with Crippen molar-refractivity contribution in [1.29, 1.82) is 0 Å². The molecule has 0 saturated carbocycles. The largest absolute Gasteiger partial charge is 0.232 e. The molecule has 0 unspecified atom stereocenters. The first-order valence-electron chi connectivity index (χ1n) is 3.71. The molecule has 65 valence electrons. The van der Waals surface area contributed by atoms with Gasteiger partial charge in [0.2, 0.25) is 0 Å². The fraction of sp³-hybridized carbons (Fsp3) is 0.222. The molecular formula is C9H11O2S. The molecular weight excluding hydrogens is 172 g/mol. The molecule has 0 atom stereocenters. The van der Waals surface area contributed by atoms with Crippen LogP contribution in [0.2, 0.25) is 0 Å². The van der Waals surface area contributed by atoms with Crippen molar-refractivity contribution in [3.8, 4) is 0 Å². The molecule has 0 fully saturated rings. The van der Waals surface area contributed by atoms with Crippen LogP contribution in [-0.2, 0) is 22.9 Å². The molecule has 1 aromatic carbocycles. The van der Waals surface area contributed by atoms with Crippen LogP contribution in [0.3, 0.4) is 0 Å². The van der Waals surface area contributed by atoms with Crippen molar-refractivity contribution < 1.29 is 8.42 Å². The van der Waals surface area contributed by atoms with Crippen molar-refractivity contribution in [1.82, 2.24) is 0 Å². The zero-order valence-corrected chi connectivity index (χ0v) is 7.59. The topological polar surface area (TPSA) is 34.1 Å². The number of hydrogen-bond donors (Lipinski definition) is 1. The molecule has 0 N–H and O–H groups in total. The first kappa shape index (κ1) is 9.26. The lowest BCUT2D eigenvalue weighted by atomic mass is 10.1.